The van der Waals surface area contributed by atoms with Crippen LogP contribution in [0.5, 0.6) is 5.75 Å². The molecular formula is C15H13BrO2S. The molecule has 0 heterocycles. The smallest absolute Gasteiger partial charge is 0.159 e. The van der Waals surface area contributed by atoms with E-state index in [1.807, 2.05) is 42.5 Å². The quantitative estimate of drug-likeness (QED) is 0.749. The fourth-order valence-electron chi connectivity index (χ4n) is 1.62. The first-order valence-electron chi connectivity index (χ1n) is 5.73. The van der Waals surface area contributed by atoms with Gasteiger partial charge < -0.3 is 4.74 Å². The van der Waals surface area contributed by atoms with Crippen molar-refractivity contribution in [3.63, 3.8) is 0 Å². The van der Waals surface area contributed by atoms with Crippen LogP contribution < -0.4 is 4.74 Å². The van der Waals surface area contributed by atoms with Gasteiger partial charge in [-0.3, -0.25) is 4.79 Å². The number of hydrogen-bond donors (Lipinski definition) is 0. The van der Waals surface area contributed by atoms with Crippen LogP contribution in [0.3, 0.4) is 0 Å². The second-order valence-electron chi connectivity index (χ2n) is 3.95. The van der Waals surface area contributed by atoms with Crippen molar-refractivity contribution in [1.29, 1.82) is 0 Å². The highest BCUT2D eigenvalue weighted by Gasteiger charge is 2.09. The largest absolute Gasteiger partial charge is 0.496 e. The van der Waals surface area contributed by atoms with E-state index in [0.29, 0.717) is 5.56 Å². The number of hydrogen-bond acceptors (Lipinski definition) is 3. The Morgan fingerprint density at radius 2 is 1.89 bits per heavy atom. The van der Waals surface area contributed by atoms with Crippen molar-refractivity contribution in [3.05, 3.63) is 52.5 Å². The minimum absolute atomic E-state index is 0.0644. The zero-order valence-corrected chi connectivity index (χ0v) is 13.0. The molecule has 2 aromatic rings. The molecule has 0 aliphatic rings. The van der Waals surface area contributed by atoms with E-state index in [0.717, 1.165) is 20.0 Å². The zero-order chi connectivity index (χ0) is 13.8. The number of ketones is 1. The van der Waals surface area contributed by atoms with E-state index in [9.17, 15) is 4.79 Å². The summed E-state index contributed by atoms with van der Waals surface area (Å²) in [5.74, 6) is 0.907. The first-order chi connectivity index (χ1) is 9.11. The molecule has 0 bridgehead atoms. The molecule has 0 saturated heterocycles. The van der Waals surface area contributed by atoms with Crippen LogP contribution >= 0.6 is 27.7 Å². The predicted molar refractivity (Wildman–Crippen MR) is 81.3 cm³/mol. The maximum atomic E-state index is 11.3. The van der Waals surface area contributed by atoms with Crippen LogP contribution in [0.4, 0.5) is 0 Å². The van der Waals surface area contributed by atoms with Gasteiger partial charge in [0, 0.05) is 14.9 Å². The van der Waals surface area contributed by atoms with Crippen molar-refractivity contribution in [2.75, 3.05) is 7.11 Å². The standard InChI is InChI=1S/C15H13BrO2S/c1-10(17)11-7-8-14(12(16)9-11)19-15-6-4-3-5-13(15)18-2/h3-9H,1-2H3. The van der Waals surface area contributed by atoms with Crippen LogP contribution in [0.25, 0.3) is 0 Å². The molecule has 19 heavy (non-hydrogen) atoms. The van der Waals surface area contributed by atoms with Crippen LogP contribution in [-0.4, -0.2) is 12.9 Å². The number of para-hydroxylation sites is 1. The van der Waals surface area contributed by atoms with Crippen molar-refractivity contribution in [2.45, 2.75) is 16.7 Å². The van der Waals surface area contributed by atoms with Crippen LogP contribution in [0.2, 0.25) is 0 Å². The summed E-state index contributed by atoms with van der Waals surface area (Å²) in [6.07, 6.45) is 0. The van der Waals surface area contributed by atoms with Gasteiger partial charge in [0.2, 0.25) is 0 Å². The number of rotatable bonds is 4. The molecule has 2 rings (SSSR count). The number of carbonyl (C=O) groups excluding carboxylic acids is 1. The summed E-state index contributed by atoms with van der Waals surface area (Å²) in [7, 11) is 1.66. The molecule has 0 amide bonds. The molecule has 0 aliphatic heterocycles. The van der Waals surface area contributed by atoms with Crippen molar-refractivity contribution >= 4 is 33.5 Å². The van der Waals surface area contributed by atoms with Crippen LogP contribution in [0.15, 0.2) is 56.7 Å². The Bertz CT molecular complexity index is 611. The molecule has 0 aromatic heterocycles. The van der Waals surface area contributed by atoms with Gasteiger partial charge in [0.05, 0.1) is 12.0 Å². The number of benzene rings is 2. The summed E-state index contributed by atoms with van der Waals surface area (Å²) in [6, 6.07) is 13.5. The predicted octanol–water partition coefficient (Wildman–Crippen LogP) is 4.81. The molecule has 4 heteroatoms. The molecule has 0 saturated carbocycles. The normalized spacial score (nSPS) is 10.3. The molecule has 0 N–H and O–H groups in total. The summed E-state index contributed by atoms with van der Waals surface area (Å²) < 4.78 is 6.24. The van der Waals surface area contributed by atoms with Crippen molar-refractivity contribution in [2.24, 2.45) is 0 Å². The third-order valence-corrected chi connectivity index (χ3v) is 4.68. The van der Waals surface area contributed by atoms with Gasteiger partial charge in [0.25, 0.3) is 0 Å². The van der Waals surface area contributed by atoms with E-state index in [-0.39, 0.29) is 5.78 Å². The topological polar surface area (TPSA) is 26.3 Å². The van der Waals surface area contributed by atoms with E-state index in [2.05, 4.69) is 15.9 Å². The Hall–Kier alpha value is -1.26. The van der Waals surface area contributed by atoms with E-state index in [1.165, 1.54) is 0 Å². The van der Waals surface area contributed by atoms with Crippen molar-refractivity contribution < 1.29 is 9.53 Å². The lowest BCUT2D eigenvalue weighted by Crippen LogP contribution is -1.92. The molecule has 2 aromatic carbocycles. The Kier molecular flexibility index (Phi) is 4.66. The first-order valence-corrected chi connectivity index (χ1v) is 7.34. The van der Waals surface area contributed by atoms with Gasteiger partial charge in [-0.2, -0.15) is 0 Å². The van der Waals surface area contributed by atoms with Gasteiger partial charge in [-0.1, -0.05) is 30.0 Å². The fraction of sp³-hybridized carbons (Fsp3) is 0.133. The molecule has 0 atom stereocenters. The molecular weight excluding hydrogens is 324 g/mol. The van der Waals surface area contributed by atoms with E-state index in [1.54, 1.807) is 25.8 Å². The van der Waals surface area contributed by atoms with E-state index in [4.69, 9.17) is 4.74 Å². The van der Waals surface area contributed by atoms with Gasteiger partial charge in [0.15, 0.2) is 5.78 Å². The highest BCUT2D eigenvalue weighted by Crippen LogP contribution is 2.38. The number of methoxy groups -OCH3 is 1. The minimum Gasteiger partial charge on any atom is -0.496 e. The van der Waals surface area contributed by atoms with Crippen LogP contribution in [-0.2, 0) is 0 Å². The lowest BCUT2D eigenvalue weighted by molar-refractivity contribution is 0.101. The molecule has 0 spiro atoms. The van der Waals surface area contributed by atoms with Crippen molar-refractivity contribution in [3.8, 4) is 5.75 Å². The van der Waals surface area contributed by atoms with Crippen LogP contribution in [0, 0.1) is 0 Å². The maximum absolute atomic E-state index is 11.3. The highest BCUT2D eigenvalue weighted by atomic mass is 79.9. The number of Topliss-reactive ketones (excluding diaryl/α,β-unsaturated/α-hetero) is 1. The molecule has 0 aliphatic carbocycles. The molecule has 0 radical (unpaired) electrons. The van der Waals surface area contributed by atoms with Gasteiger partial charge in [-0.15, -0.1) is 0 Å². The second kappa shape index (κ2) is 6.26. The zero-order valence-electron chi connectivity index (χ0n) is 10.6. The average molecular weight is 337 g/mol. The third kappa shape index (κ3) is 3.39. The van der Waals surface area contributed by atoms with Gasteiger partial charge >= 0.3 is 0 Å². The fourth-order valence-corrected chi connectivity index (χ4v) is 3.17. The summed E-state index contributed by atoms with van der Waals surface area (Å²) in [5, 5.41) is 0. The Balaban J connectivity index is 2.31. The Labute approximate surface area is 125 Å². The minimum atomic E-state index is 0.0644. The van der Waals surface area contributed by atoms with Crippen molar-refractivity contribution in [1.82, 2.24) is 0 Å². The number of ether oxygens (including phenoxy) is 1. The number of carbonyl (C=O) groups is 1. The summed E-state index contributed by atoms with van der Waals surface area (Å²) >= 11 is 5.11. The van der Waals surface area contributed by atoms with E-state index < -0.39 is 0 Å². The lowest BCUT2D eigenvalue weighted by atomic mass is 10.2. The second-order valence-corrected chi connectivity index (χ2v) is 5.89. The highest BCUT2D eigenvalue weighted by molar-refractivity contribution is 9.10. The average Bonchev–Trinajstić information content (AvgIpc) is 2.41. The summed E-state index contributed by atoms with van der Waals surface area (Å²) in [6.45, 7) is 1.56. The molecule has 0 unspecified atom stereocenters. The SMILES string of the molecule is COc1ccccc1Sc1ccc(C(C)=O)cc1Br. The summed E-state index contributed by atoms with van der Waals surface area (Å²) in [5.41, 5.74) is 0.705. The van der Waals surface area contributed by atoms with Gasteiger partial charge in [0.1, 0.15) is 5.75 Å². The Morgan fingerprint density at radius 3 is 2.53 bits per heavy atom. The van der Waals surface area contributed by atoms with Crippen LogP contribution in [0.1, 0.15) is 17.3 Å². The first kappa shape index (κ1) is 14.2. The lowest BCUT2D eigenvalue weighted by Gasteiger charge is -2.09. The summed E-state index contributed by atoms with van der Waals surface area (Å²) in [4.78, 5) is 13.4. The Morgan fingerprint density at radius 1 is 1.16 bits per heavy atom. The van der Waals surface area contributed by atoms with Gasteiger partial charge in [-0.25, -0.2) is 0 Å². The number of halogens is 1. The molecule has 2 nitrogen and oxygen atoms in total. The van der Waals surface area contributed by atoms with Gasteiger partial charge in [-0.05, 0) is 47.1 Å². The third-order valence-electron chi connectivity index (χ3n) is 2.63. The monoisotopic (exact) mass is 336 g/mol. The molecule has 0 fully saturated rings. The molecule has 98 valence electrons. The maximum Gasteiger partial charge on any atom is 0.159 e. The van der Waals surface area contributed by atoms with E-state index >= 15 is 0 Å².